The van der Waals surface area contributed by atoms with Gasteiger partial charge in [-0.1, -0.05) is 28.9 Å². The summed E-state index contributed by atoms with van der Waals surface area (Å²) in [6.45, 7) is 9.04. The standard InChI is InChI=1S/C16H25BrN2O/c1-4-18-12(2)14-6-5-13(11-15(14)17)19-9-7-16(3,20)8-10-19/h5-6,11-12,18,20H,4,7-10H2,1-3H3. The molecule has 4 heteroatoms. The van der Waals surface area contributed by atoms with Crippen LogP contribution in [0.1, 0.15) is 45.2 Å². The molecule has 1 heterocycles. The summed E-state index contributed by atoms with van der Waals surface area (Å²) in [5.41, 5.74) is 2.03. The summed E-state index contributed by atoms with van der Waals surface area (Å²) in [4.78, 5) is 2.35. The number of nitrogens with one attached hydrogen (secondary N) is 1. The first kappa shape index (κ1) is 15.8. The maximum absolute atomic E-state index is 10.0. The Bertz CT molecular complexity index is 452. The minimum Gasteiger partial charge on any atom is -0.390 e. The third-order valence-electron chi connectivity index (χ3n) is 4.17. The molecule has 1 unspecified atom stereocenters. The third-order valence-corrected chi connectivity index (χ3v) is 4.85. The van der Waals surface area contributed by atoms with Crippen LogP contribution in [0.5, 0.6) is 0 Å². The molecule has 0 aromatic heterocycles. The topological polar surface area (TPSA) is 35.5 Å². The zero-order valence-electron chi connectivity index (χ0n) is 12.6. The Labute approximate surface area is 130 Å². The lowest BCUT2D eigenvalue weighted by Gasteiger charge is -2.37. The minimum absolute atomic E-state index is 0.352. The van der Waals surface area contributed by atoms with Gasteiger partial charge in [0.2, 0.25) is 0 Å². The van der Waals surface area contributed by atoms with Crippen molar-refractivity contribution in [3.8, 4) is 0 Å². The fourth-order valence-corrected chi connectivity index (χ4v) is 3.44. The van der Waals surface area contributed by atoms with E-state index in [1.165, 1.54) is 11.3 Å². The van der Waals surface area contributed by atoms with Gasteiger partial charge in [0.25, 0.3) is 0 Å². The van der Waals surface area contributed by atoms with Crippen molar-refractivity contribution in [2.45, 2.75) is 45.3 Å². The number of anilines is 1. The second-order valence-corrected chi connectivity index (χ2v) is 6.82. The van der Waals surface area contributed by atoms with Crippen LogP contribution in [0.15, 0.2) is 22.7 Å². The van der Waals surface area contributed by atoms with Gasteiger partial charge < -0.3 is 15.3 Å². The second-order valence-electron chi connectivity index (χ2n) is 5.97. The maximum Gasteiger partial charge on any atom is 0.0653 e. The highest BCUT2D eigenvalue weighted by Gasteiger charge is 2.27. The van der Waals surface area contributed by atoms with E-state index in [2.05, 4.69) is 58.2 Å². The summed E-state index contributed by atoms with van der Waals surface area (Å²) in [5, 5.41) is 13.5. The van der Waals surface area contributed by atoms with Crippen molar-refractivity contribution in [2.24, 2.45) is 0 Å². The van der Waals surface area contributed by atoms with E-state index in [1.54, 1.807) is 0 Å². The normalized spacial score (nSPS) is 19.9. The highest BCUT2D eigenvalue weighted by molar-refractivity contribution is 9.10. The van der Waals surface area contributed by atoms with E-state index >= 15 is 0 Å². The Balaban J connectivity index is 2.09. The summed E-state index contributed by atoms with van der Waals surface area (Å²) in [6, 6.07) is 6.93. The van der Waals surface area contributed by atoms with Gasteiger partial charge in [0.1, 0.15) is 0 Å². The average Bonchev–Trinajstić information content (AvgIpc) is 2.38. The molecule has 1 aromatic rings. The Morgan fingerprint density at radius 2 is 2.05 bits per heavy atom. The van der Waals surface area contributed by atoms with Crippen LogP contribution in [0, 0.1) is 0 Å². The van der Waals surface area contributed by atoms with Crippen LogP contribution in [0.2, 0.25) is 0 Å². The van der Waals surface area contributed by atoms with Crippen molar-refractivity contribution in [1.82, 2.24) is 5.32 Å². The van der Waals surface area contributed by atoms with Crippen LogP contribution in [0.25, 0.3) is 0 Å². The highest BCUT2D eigenvalue weighted by Crippen LogP contribution is 2.31. The van der Waals surface area contributed by atoms with Gasteiger partial charge >= 0.3 is 0 Å². The number of nitrogens with zero attached hydrogens (tertiary/aromatic N) is 1. The van der Waals surface area contributed by atoms with Crippen molar-refractivity contribution in [3.05, 3.63) is 28.2 Å². The van der Waals surface area contributed by atoms with Crippen LogP contribution in [-0.4, -0.2) is 30.3 Å². The van der Waals surface area contributed by atoms with E-state index in [0.717, 1.165) is 36.9 Å². The lowest BCUT2D eigenvalue weighted by Crippen LogP contribution is -2.42. The molecular formula is C16H25BrN2O. The van der Waals surface area contributed by atoms with Crippen LogP contribution in [-0.2, 0) is 0 Å². The van der Waals surface area contributed by atoms with E-state index in [9.17, 15) is 5.11 Å². The number of halogens is 1. The van der Waals surface area contributed by atoms with Crippen molar-refractivity contribution in [2.75, 3.05) is 24.5 Å². The van der Waals surface area contributed by atoms with E-state index in [-0.39, 0.29) is 0 Å². The first-order valence-corrected chi connectivity index (χ1v) is 8.22. The molecular weight excluding hydrogens is 316 g/mol. The number of benzene rings is 1. The predicted octanol–water partition coefficient (Wildman–Crippen LogP) is 3.47. The molecule has 1 aromatic carbocycles. The van der Waals surface area contributed by atoms with E-state index < -0.39 is 5.60 Å². The number of piperidine rings is 1. The van der Waals surface area contributed by atoms with Gasteiger partial charge in [-0.2, -0.15) is 0 Å². The number of aliphatic hydroxyl groups is 1. The predicted molar refractivity (Wildman–Crippen MR) is 88.3 cm³/mol. The summed E-state index contributed by atoms with van der Waals surface area (Å²) >= 11 is 3.69. The van der Waals surface area contributed by atoms with E-state index in [4.69, 9.17) is 0 Å². The number of hydrogen-bond donors (Lipinski definition) is 2. The lowest BCUT2D eigenvalue weighted by atomic mass is 9.93. The molecule has 20 heavy (non-hydrogen) atoms. The van der Waals surface area contributed by atoms with Gasteiger partial charge in [0, 0.05) is 29.3 Å². The summed E-state index contributed by atoms with van der Waals surface area (Å²) in [6.07, 6.45) is 1.67. The van der Waals surface area contributed by atoms with Crippen LogP contribution < -0.4 is 10.2 Å². The lowest BCUT2D eigenvalue weighted by molar-refractivity contribution is 0.0351. The zero-order chi connectivity index (χ0) is 14.8. The second kappa shape index (κ2) is 6.46. The molecule has 2 N–H and O–H groups in total. The molecule has 2 rings (SSSR count). The van der Waals surface area contributed by atoms with Gasteiger partial charge in [-0.05, 0) is 50.9 Å². The molecule has 1 aliphatic heterocycles. The summed E-state index contributed by atoms with van der Waals surface area (Å²) in [7, 11) is 0. The van der Waals surface area contributed by atoms with Gasteiger partial charge in [0.15, 0.2) is 0 Å². The van der Waals surface area contributed by atoms with Crippen molar-refractivity contribution in [3.63, 3.8) is 0 Å². The van der Waals surface area contributed by atoms with Crippen LogP contribution in [0.4, 0.5) is 5.69 Å². The summed E-state index contributed by atoms with van der Waals surface area (Å²) in [5.74, 6) is 0. The molecule has 0 amide bonds. The number of hydrogen-bond acceptors (Lipinski definition) is 3. The molecule has 0 radical (unpaired) electrons. The Morgan fingerprint density at radius 3 is 2.60 bits per heavy atom. The first-order valence-electron chi connectivity index (χ1n) is 7.43. The highest BCUT2D eigenvalue weighted by atomic mass is 79.9. The van der Waals surface area contributed by atoms with Gasteiger partial charge in [0.05, 0.1) is 5.60 Å². The summed E-state index contributed by atoms with van der Waals surface area (Å²) < 4.78 is 1.15. The monoisotopic (exact) mass is 340 g/mol. The third kappa shape index (κ3) is 3.74. The van der Waals surface area contributed by atoms with E-state index in [1.807, 2.05) is 6.92 Å². The molecule has 1 atom stereocenters. The Morgan fingerprint density at radius 1 is 1.40 bits per heavy atom. The number of rotatable bonds is 4. The van der Waals surface area contributed by atoms with Gasteiger partial charge in [-0.15, -0.1) is 0 Å². The van der Waals surface area contributed by atoms with Gasteiger partial charge in [-0.25, -0.2) is 0 Å². The molecule has 0 bridgehead atoms. The maximum atomic E-state index is 10.0. The van der Waals surface area contributed by atoms with Crippen molar-refractivity contribution in [1.29, 1.82) is 0 Å². The first-order chi connectivity index (χ1) is 9.43. The average molecular weight is 341 g/mol. The molecule has 0 spiro atoms. The van der Waals surface area contributed by atoms with Crippen LogP contribution in [0.3, 0.4) is 0 Å². The molecule has 1 saturated heterocycles. The molecule has 0 aliphatic carbocycles. The smallest absolute Gasteiger partial charge is 0.0653 e. The quantitative estimate of drug-likeness (QED) is 0.880. The minimum atomic E-state index is -0.493. The molecule has 0 saturated carbocycles. The van der Waals surface area contributed by atoms with Gasteiger partial charge in [-0.3, -0.25) is 0 Å². The Kier molecular flexibility index (Phi) is 5.10. The van der Waals surface area contributed by atoms with Crippen molar-refractivity contribution >= 4 is 21.6 Å². The van der Waals surface area contributed by atoms with Crippen molar-refractivity contribution < 1.29 is 5.11 Å². The molecule has 1 aliphatic rings. The fourth-order valence-electron chi connectivity index (χ4n) is 2.73. The SMILES string of the molecule is CCNC(C)c1ccc(N2CCC(C)(O)CC2)cc1Br. The zero-order valence-corrected chi connectivity index (χ0v) is 14.2. The molecule has 112 valence electrons. The van der Waals surface area contributed by atoms with Crippen LogP contribution >= 0.6 is 15.9 Å². The largest absolute Gasteiger partial charge is 0.390 e. The fraction of sp³-hybridized carbons (Fsp3) is 0.625. The Hall–Kier alpha value is -0.580. The van der Waals surface area contributed by atoms with E-state index in [0.29, 0.717) is 6.04 Å². The molecule has 1 fully saturated rings. The molecule has 3 nitrogen and oxygen atoms in total.